The molecule has 2 fully saturated rings. The van der Waals surface area contributed by atoms with Crippen molar-refractivity contribution in [2.75, 3.05) is 6.54 Å². The molecule has 4 rings (SSSR count). The summed E-state index contributed by atoms with van der Waals surface area (Å²) in [7, 11) is 0. The first-order valence-corrected chi connectivity index (χ1v) is 9.36. The second-order valence-electron chi connectivity index (χ2n) is 6.67. The van der Waals surface area contributed by atoms with Crippen molar-refractivity contribution >= 4 is 23.2 Å². The SMILES string of the molecule is Cc1cccc(CN2C(=O)C[C@H]3[C@@H]2CCN3C(=O)c2csc(C)n2)n1. The summed E-state index contributed by atoms with van der Waals surface area (Å²) in [5.41, 5.74) is 2.34. The van der Waals surface area contributed by atoms with E-state index in [-0.39, 0.29) is 23.9 Å². The molecule has 6 nitrogen and oxygen atoms in total. The van der Waals surface area contributed by atoms with Crippen molar-refractivity contribution in [3.63, 3.8) is 0 Å². The van der Waals surface area contributed by atoms with Gasteiger partial charge in [0.1, 0.15) is 5.69 Å². The van der Waals surface area contributed by atoms with Crippen LogP contribution in [0, 0.1) is 13.8 Å². The van der Waals surface area contributed by atoms with Crippen molar-refractivity contribution in [2.45, 2.75) is 45.3 Å². The molecular formula is C18H20N4O2S. The van der Waals surface area contributed by atoms with Crippen molar-refractivity contribution in [1.29, 1.82) is 0 Å². The molecule has 2 saturated heterocycles. The summed E-state index contributed by atoms with van der Waals surface area (Å²) < 4.78 is 0. The van der Waals surface area contributed by atoms with Crippen LogP contribution in [0.1, 0.15) is 39.7 Å². The van der Waals surface area contributed by atoms with E-state index in [9.17, 15) is 9.59 Å². The average molecular weight is 356 g/mol. The van der Waals surface area contributed by atoms with Crippen LogP contribution in [-0.2, 0) is 11.3 Å². The molecule has 0 radical (unpaired) electrons. The van der Waals surface area contributed by atoms with Crippen LogP contribution in [0.25, 0.3) is 0 Å². The molecule has 4 heterocycles. The van der Waals surface area contributed by atoms with Gasteiger partial charge in [-0.15, -0.1) is 11.3 Å². The van der Waals surface area contributed by atoms with Crippen molar-refractivity contribution in [3.8, 4) is 0 Å². The minimum atomic E-state index is -0.0554. The van der Waals surface area contributed by atoms with Crippen molar-refractivity contribution in [3.05, 3.63) is 45.7 Å². The Morgan fingerprint density at radius 2 is 2.12 bits per heavy atom. The second-order valence-corrected chi connectivity index (χ2v) is 7.73. The van der Waals surface area contributed by atoms with Gasteiger partial charge < -0.3 is 9.80 Å². The van der Waals surface area contributed by atoms with E-state index in [0.717, 1.165) is 22.8 Å². The number of thiazole rings is 1. The van der Waals surface area contributed by atoms with Crippen LogP contribution in [-0.4, -0.2) is 50.2 Å². The van der Waals surface area contributed by atoms with Crippen LogP contribution in [0.15, 0.2) is 23.6 Å². The third kappa shape index (κ3) is 2.93. The smallest absolute Gasteiger partial charge is 0.273 e. The highest BCUT2D eigenvalue weighted by Crippen LogP contribution is 2.34. The number of hydrogen-bond donors (Lipinski definition) is 0. The first-order chi connectivity index (χ1) is 12.0. The Labute approximate surface area is 150 Å². The summed E-state index contributed by atoms with van der Waals surface area (Å²) in [6, 6.07) is 5.89. The summed E-state index contributed by atoms with van der Waals surface area (Å²) in [4.78, 5) is 37.8. The molecule has 2 aromatic heterocycles. The highest BCUT2D eigenvalue weighted by Gasteiger charge is 2.48. The number of pyridine rings is 1. The molecule has 2 aliphatic heterocycles. The highest BCUT2D eigenvalue weighted by molar-refractivity contribution is 7.09. The number of aromatic nitrogens is 2. The third-order valence-electron chi connectivity index (χ3n) is 4.99. The van der Waals surface area contributed by atoms with Gasteiger partial charge in [0.2, 0.25) is 5.91 Å². The van der Waals surface area contributed by atoms with Crippen molar-refractivity contribution in [2.24, 2.45) is 0 Å². The van der Waals surface area contributed by atoms with Crippen LogP contribution in [0.3, 0.4) is 0 Å². The lowest BCUT2D eigenvalue weighted by molar-refractivity contribution is -0.129. The first kappa shape index (κ1) is 16.2. The molecule has 2 aromatic rings. The predicted octanol–water partition coefficient (Wildman–Crippen LogP) is 2.17. The number of rotatable bonds is 3. The van der Waals surface area contributed by atoms with E-state index in [4.69, 9.17) is 0 Å². The van der Waals surface area contributed by atoms with E-state index in [1.165, 1.54) is 11.3 Å². The molecule has 0 bridgehead atoms. The standard InChI is InChI=1S/C18H20N4O2S/c1-11-4-3-5-13(19-11)9-22-15-6-7-21(16(15)8-17(22)23)18(24)14-10-25-12(2)20-14/h3-5,10,15-16H,6-9H2,1-2H3/t15-,16-/m0/s1. The normalized spacial score (nSPS) is 22.6. The van der Waals surface area contributed by atoms with Gasteiger partial charge in [0.25, 0.3) is 5.91 Å². The molecule has 0 saturated carbocycles. The van der Waals surface area contributed by atoms with Gasteiger partial charge >= 0.3 is 0 Å². The fourth-order valence-corrected chi connectivity index (χ4v) is 4.44. The zero-order chi connectivity index (χ0) is 17.6. The summed E-state index contributed by atoms with van der Waals surface area (Å²) in [5, 5.41) is 2.68. The van der Waals surface area contributed by atoms with E-state index in [0.29, 0.717) is 25.2 Å². The van der Waals surface area contributed by atoms with Crippen LogP contribution in [0.5, 0.6) is 0 Å². The van der Waals surface area contributed by atoms with Gasteiger partial charge in [0.05, 0.1) is 29.3 Å². The molecule has 2 aliphatic rings. The summed E-state index contributed by atoms with van der Waals surface area (Å²) in [6.45, 7) is 5.03. The number of amides is 2. The fourth-order valence-electron chi connectivity index (χ4n) is 3.86. The molecular weight excluding hydrogens is 336 g/mol. The second kappa shape index (κ2) is 6.22. The molecule has 2 amide bonds. The Kier molecular flexibility index (Phi) is 4.03. The van der Waals surface area contributed by atoms with E-state index in [1.54, 1.807) is 5.38 Å². The highest BCUT2D eigenvalue weighted by atomic mass is 32.1. The lowest BCUT2D eigenvalue weighted by atomic mass is 10.1. The van der Waals surface area contributed by atoms with Gasteiger partial charge in [0.15, 0.2) is 0 Å². The van der Waals surface area contributed by atoms with E-state index >= 15 is 0 Å². The van der Waals surface area contributed by atoms with Gasteiger partial charge in [-0.3, -0.25) is 14.6 Å². The summed E-state index contributed by atoms with van der Waals surface area (Å²) in [6.07, 6.45) is 1.21. The van der Waals surface area contributed by atoms with Crippen molar-refractivity contribution < 1.29 is 9.59 Å². The lowest BCUT2D eigenvalue weighted by Gasteiger charge is -2.25. The predicted molar refractivity (Wildman–Crippen MR) is 94.2 cm³/mol. The minimum Gasteiger partial charge on any atom is -0.332 e. The number of aryl methyl sites for hydroxylation is 2. The molecule has 7 heteroatoms. The Balaban J connectivity index is 1.52. The third-order valence-corrected chi connectivity index (χ3v) is 5.77. The number of hydrogen-bond acceptors (Lipinski definition) is 5. The zero-order valence-corrected chi connectivity index (χ0v) is 15.1. The fraction of sp³-hybridized carbons (Fsp3) is 0.444. The molecule has 0 aliphatic carbocycles. The van der Waals surface area contributed by atoms with E-state index in [1.807, 2.05) is 41.8 Å². The van der Waals surface area contributed by atoms with Gasteiger partial charge in [-0.05, 0) is 32.4 Å². The first-order valence-electron chi connectivity index (χ1n) is 8.48. The number of fused-ring (bicyclic) bond motifs is 1. The topological polar surface area (TPSA) is 66.4 Å². The van der Waals surface area contributed by atoms with Gasteiger partial charge in [0, 0.05) is 24.0 Å². The van der Waals surface area contributed by atoms with Gasteiger partial charge in [-0.1, -0.05) is 6.07 Å². The molecule has 0 unspecified atom stereocenters. The van der Waals surface area contributed by atoms with E-state index < -0.39 is 0 Å². The van der Waals surface area contributed by atoms with Crippen molar-refractivity contribution in [1.82, 2.24) is 19.8 Å². The van der Waals surface area contributed by atoms with E-state index in [2.05, 4.69) is 9.97 Å². The number of carbonyl (C=O) groups is 2. The zero-order valence-electron chi connectivity index (χ0n) is 14.3. The Bertz CT molecular complexity index is 834. The number of nitrogens with zero attached hydrogens (tertiary/aromatic N) is 4. The molecule has 0 aromatic carbocycles. The van der Waals surface area contributed by atoms with Crippen LogP contribution < -0.4 is 0 Å². The summed E-state index contributed by atoms with van der Waals surface area (Å²) in [5.74, 6) is 0.0467. The Morgan fingerprint density at radius 3 is 2.84 bits per heavy atom. The molecule has 0 N–H and O–H groups in total. The number of carbonyl (C=O) groups excluding carboxylic acids is 2. The molecule has 0 spiro atoms. The maximum absolute atomic E-state index is 12.7. The van der Waals surface area contributed by atoms with Crippen LogP contribution in [0.2, 0.25) is 0 Å². The minimum absolute atomic E-state index is 0.0492. The Morgan fingerprint density at radius 1 is 1.28 bits per heavy atom. The molecule has 130 valence electrons. The monoisotopic (exact) mass is 356 g/mol. The lowest BCUT2D eigenvalue weighted by Crippen LogP contribution is -2.40. The van der Waals surface area contributed by atoms with Crippen LogP contribution >= 0.6 is 11.3 Å². The Hall–Kier alpha value is -2.28. The molecule has 25 heavy (non-hydrogen) atoms. The largest absolute Gasteiger partial charge is 0.332 e. The van der Waals surface area contributed by atoms with Crippen LogP contribution in [0.4, 0.5) is 0 Å². The maximum Gasteiger partial charge on any atom is 0.273 e. The van der Waals surface area contributed by atoms with Gasteiger partial charge in [-0.2, -0.15) is 0 Å². The molecule has 2 atom stereocenters. The quantitative estimate of drug-likeness (QED) is 0.845. The van der Waals surface area contributed by atoms with Gasteiger partial charge in [-0.25, -0.2) is 4.98 Å². The summed E-state index contributed by atoms with van der Waals surface area (Å²) >= 11 is 1.48. The number of likely N-dealkylation sites (tertiary alicyclic amines) is 2. The maximum atomic E-state index is 12.7. The average Bonchev–Trinajstić information content (AvgIpc) is 3.25.